The lowest BCUT2D eigenvalue weighted by Gasteiger charge is -2.20. The van der Waals surface area contributed by atoms with Crippen molar-refractivity contribution >= 4 is 72.0 Å². The van der Waals surface area contributed by atoms with E-state index in [2.05, 4.69) is 71.9 Å². The molecule has 4 rings (SSSR count). The lowest BCUT2D eigenvalue weighted by Crippen LogP contribution is -2.25. The van der Waals surface area contributed by atoms with E-state index in [9.17, 15) is 0 Å². The standard InChI is InChI=1S/2C18H26ClN3.2H3O4P/c2*1-4-22(5-2)12-6-7-14(3)21-17-10-11-20-18-13-15(19)8-9-16(17)18;2*1-5(2,3)4/h2*8-11,13-14H,4-7,12H2,1-3H3,(H,20,21);2*(H3,1,2,3,4). The fraction of sp³-hybridized carbons (Fsp3) is 0.500. The Bertz CT molecular complexity index is 1620. The number of phosphoric acid groups is 2. The molecule has 2 aromatic carbocycles. The minimum Gasteiger partial charge on any atom is -0.382 e. The average Bonchev–Trinajstić information content (AvgIpc) is 3.07. The molecule has 2 atom stereocenters. The van der Waals surface area contributed by atoms with E-state index in [-0.39, 0.29) is 0 Å². The third kappa shape index (κ3) is 22.8. The Hall–Kier alpha value is -2.42. The first-order valence-corrected chi connectivity index (χ1v) is 21.8. The van der Waals surface area contributed by atoms with E-state index in [1.54, 1.807) is 0 Å². The summed E-state index contributed by atoms with van der Waals surface area (Å²) in [7, 11) is -9.28. The van der Waals surface area contributed by atoms with Gasteiger partial charge in [-0.25, -0.2) is 9.13 Å². The zero-order chi connectivity index (χ0) is 40.9. The van der Waals surface area contributed by atoms with E-state index in [1.165, 1.54) is 25.9 Å². The average molecular weight is 836 g/mol. The van der Waals surface area contributed by atoms with Crippen molar-refractivity contribution in [1.82, 2.24) is 19.8 Å². The molecule has 0 spiro atoms. The Morgan fingerprint density at radius 1 is 0.611 bits per heavy atom. The van der Waals surface area contributed by atoms with Crippen LogP contribution in [0.4, 0.5) is 11.4 Å². The van der Waals surface area contributed by atoms with Gasteiger partial charge in [0.25, 0.3) is 0 Å². The van der Waals surface area contributed by atoms with Gasteiger partial charge in [0.2, 0.25) is 0 Å². The van der Waals surface area contributed by atoms with E-state index in [4.69, 9.17) is 61.7 Å². The van der Waals surface area contributed by atoms with Crippen LogP contribution in [0.5, 0.6) is 0 Å². The smallest absolute Gasteiger partial charge is 0.382 e. The van der Waals surface area contributed by atoms with Gasteiger partial charge in [0.15, 0.2) is 0 Å². The van der Waals surface area contributed by atoms with E-state index in [1.807, 2.05) is 60.9 Å². The molecule has 14 nitrogen and oxygen atoms in total. The molecule has 0 bridgehead atoms. The van der Waals surface area contributed by atoms with Crippen LogP contribution in [0, 0.1) is 0 Å². The summed E-state index contributed by atoms with van der Waals surface area (Å²) >= 11 is 12.1. The molecule has 2 heterocycles. The van der Waals surface area contributed by atoms with Gasteiger partial charge in [-0.3, -0.25) is 9.97 Å². The number of rotatable bonds is 16. The van der Waals surface area contributed by atoms with Gasteiger partial charge in [-0.2, -0.15) is 0 Å². The summed E-state index contributed by atoms with van der Waals surface area (Å²) < 4.78 is 17.8. The Morgan fingerprint density at radius 2 is 0.926 bits per heavy atom. The summed E-state index contributed by atoms with van der Waals surface area (Å²) in [5, 5.41) is 10.9. The molecular formula is C36H58Cl2N6O8P2. The van der Waals surface area contributed by atoms with Crippen LogP contribution in [0.2, 0.25) is 10.0 Å². The van der Waals surface area contributed by atoms with Gasteiger partial charge in [-0.05, 0) is 127 Å². The number of hydrogen-bond donors (Lipinski definition) is 8. The molecule has 0 amide bonds. The Balaban J connectivity index is 0.000000432. The second-order valence-corrected chi connectivity index (χ2v) is 15.4. The third-order valence-corrected chi connectivity index (χ3v) is 8.70. The highest BCUT2D eigenvalue weighted by Crippen LogP contribution is 2.28. The number of aromatic nitrogens is 2. The largest absolute Gasteiger partial charge is 0.466 e. The monoisotopic (exact) mass is 834 g/mol. The highest BCUT2D eigenvalue weighted by atomic mass is 35.5. The maximum atomic E-state index is 8.88. The van der Waals surface area contributed by atoms with Crippen molar-refractivity contribution in [3.05, 3.63) is 71.0 Å². The van der Waals surface area contributed by atoms with Crippen molar-refractivity contribution in [3.8, 4) is 0 Å². The Kier molecular flexibility index (Phi) is 23.6. The maximum absolute atomic E-state index is 8.88. The predicted molar refractivity (Wildman–Crippen MR) is 222 cm³/mol. The van der Waals surface area contributed by atoms with Gasteiger partial charge < -0.3 is 49.8 Å². The van der Waals surface area contributed by atoms with Gasteiger partial charge in [0.1, 0.15) is 0 Å². The molecule has 0 aliphatic heterocycles. The van der Waals surface area contributed by atoms with E-state index in [0.29, 0.717) is 12.1 Å². The topological polar surface area (TPSA) is 212 Å². The van der Waals surface area contributed by atoms with Crippen molar-refractivity contribution in [2.24, 2.45) is 0 Å². The highest BCUT2D eigenvalue weighted by Gasteiger charge is 2.09. The van der Waals surface area contributed by atoms with Crippen LogP contribution in [0.25, 0.3) is 21.8 Å². The van der Waals surface area contributed by atoms with Gasteiger partial charge in [0, 0.05) is 56.7 Å². The van der Waals surface area contributed by atoms with Gasteiger partial charge >= 0.3 is 15.6 Å². The first kappa shape index (κ1) is 49.6. The second kappa shape index (κ2) is 25.7. The van der Waals surface area contributed by atoms with Crippen molar-refractivity contribution in [2.75, 3.05) is 49.9 Å². The first-order valence-electron chi connectivity index (χ1n) is 17.9. The molecule has 304 valence electrons. The van der Waals surface area contributed by atoms with Crippen molar-refractivity contribution in [3.63, 3.8) is 0 Å². The normalized spacial score (nSPS) is 12.6. The minimum absolute atomic E-state index is 0.442. The molecule has 4 aromatic rings. The minimum atomic E-state index is -4.64. The number of halogens is 2. The first-order chi connectivity index (χ1) is 25.3. The number of nitrogens with zero attached hydrogens (tertiary/aromatic N) is 4. The summed E-state index contributed by atoms with van der Waals surface area (Å²) in [6.45, 7) is 20.2. The molecule has 8 N–H and O–H groups in total. The van der Waals surface area contributed by atoms with Crippen LogP contribution in [0.1, 0.15) is 67.2 Å². The molecular weight excluding hydrogens is 777 g/mol. The third-order valence-electron chi connectivity index (χ3n) is 8.23. The molecule has 54 heavy (non-hydrogen) atoms. The molecule has 2 aromatic heterocycles. The number of pyridine rings is 2. The number of hydrogen-bond acceptors (Lipinski definition) is 8. The number of benzene rings is 2. The van der Waals surface area contributed by atoms with Crippen LogP contribution in [0.3, 0.4) is 0 Å². The summed E-state index contributed by atoms with van der Waals surface area (Å²) in [4.78, 5) is 56.8. The Morgan fingerprint density at radius 3 is 1.22 bits per heavy atom. The molecule has 0 aliphatic carbocycles. The van der Waals surface area contributed by atoms with E-state index in [0.717, 1.165) is 82.2 Å². The molecule has 18 heteroatoms. The SMILES string of the molecule is CCN(CC)CCCC(C)Nc1ccnc2cc(Cl)ccc12.CCN(CC)CCCC(C)Nc1ccnc2cc(Cl)ccc12.O=P(O)(O)O.O=P(O)(O)O. The maximum Gasteiger partial charge on any atom is 0.466 e. The van der Waals surface area contributed by atoms with Crippen LogP contribution >= 0.6 is 38.8 Å². The highest BCUT2D eigenvalue weighted by molar-refractivity contribution is 7.45. The van der Waals surface area contributed by atoms with E-state index < -0.39 is 15.6 Å². The molecule has 2 unspecified atom stereocenters. The number of fused-ring (bicyclic) bond motifs is 2. The van der Waals surface area contributed by atoms with Crippen LogP contribution < -0.4 is 10.6 Å². The predicted octanol–water partition coefficient (Wildman–Crippen LogP) is 7.76. The van der Waals surface area contributed by atoms with Gasteiger partial charge in [-0.15, -0.1) is 0 Å². The molecule has 0 saturated heterocycles. The Labute approximate surface area is 329 Å². The summed E-state index contributed by atoms with van der Waals surface area (Å²) in [5.74, 6) is 0. The number of nitrogens with one attached hydrogen (secondary N) is 2. The summed E-state index contributed by atoms with van der Waals surface area (Å²) in [5.41, 5.74) is 4.15. The zero-order valence-corrected chi connectivity index (χ0v) is 35.2. The zero-order valence-electron chi connectivity index (χ0n) is 31.9. The van der Waals surface area contributed by atoms with Crippen LogP contribution in [0.15, 0.2) is 60.9 Å². The van der Waals surface area contributed by atoms with Crippen LogP contribution in [-0.2, 0) is 9.13 Å². The van der Waals surface area contributed by atoms with Crippen molar-refractivity contribution in [2.45, 2.75) is 79.3 Å². The fourth-order valence-electron chi connectivity index (χ4n) is 5.49. The second-order valence-electron chi connectivity index (χ2n) is 12.5. The lowest BCUT2D eigenvalue weighted by molar-refractivity contribution is 0.272. The summed E-state index contributed by atoms with van der Waals surface area (Å²) in [6, 6.07) is 16.7. The molecule has 0 aliphatic rings. The molecule has 0 fully saturated rings. The lowest BCUT2D eigenvalue weighted by atomic mass is 10.1. The van der Waals surface area contributed by atoms with Gasteiger partial charge in [-0.1, -0.05) is 50.9 Å². The summed E-state index contributed by atoms with van der Waals surface area (Å²) in [6.07, 6.45) is 8.42. The van der Waals surface area contributed by atoms with Crippen molar-refractivity contribution < 1.29 is 38.5 Å². The number of anilines is 2. The molecule has 0 radical (unpaired) electrons. The van der Waals surface area contributed by atoms with Crippen LogP contribution in [-0.4, -0.2) is 100 Å². The quantitative estimate of drug-likeness (QED) is 0.0507. The van der Waals surface area contributed by atoms with Crippen molar-refractivity contribution in [1.29, 1.82) is 0 Å². The van der Waals surface area contributed by atoms with E-state index >= 15 is 0 Å². The fourth-order valence-corrected chi connectivity index (χ4v) is 5.82. The molecule has 0 saturated carbocycles. The van der Waals surface area contributed by atoms with Gasteiger partial charge in [0.05, 0.1) is 11.0 Å².